The average Bonchev–Trinajstić information content (AvgIpc) is 3.34. The van der Waals surface area contributed by atoms with Gasteiger partial charge in [0.05, 0.1) is 18.3 Å². The molecular formula is C31H41N5O12. The lowest BCUT2D eigenvalue weighted by Gasteiger charge is -2.31. The largest absolute Gasteiger partial charge is 0.479 e. The van der Waals surface area contributed by atoms with Gasteiger partial charge in [-0.3, -0.25) is 28.9 Å². The Labute approximate surface area is 276 Å². The van der Waals surface area contributed by atoms with Crippen molar-refractivity contribution in [2.24, 2.45) is 11.7 Å². The number of aliphatic hydroxyl groups is 1. The highest BCUT2D eigenvalue weighted by atomic mass is 16.7. The molecule has 0 radical (unpaired) electrons. The van der Waals surface area contributed by atoms with E-state index in [1.54, 1.807) is 13.8 Å². The van der Waals surface area contributed by atoms with Crippen LogP contribution in [0.5, 0.6) is 5.75 Å². The zero-order chi connectivity index (χ0) is 35.4. The molecule has 0 aromatic heterocycles. The number of carboxylic acids is 1. The van der Waals surface area contributed by atoms with Crippen LogP contribution in [0.1, 0.15) is 57.9 Å². The van der Waals surface area contributed by atoms with Crippen LogP contribution in [0.4, 0.5) is 10.5 Å². The number of ether oxygens (including phenoxy) is 3. The topological polar surface area (TPSA) is 253 Å². The minimum atomic E-state index is -1.32. The van der Waals surface area contributed by atoms with Gasteiger partial charge in [-0.1, -0.05) is 26.3 Å². The quantitative estimate of drug-likeness (QED) is 0.0963. The molecule has 0 spiro atoms. The van der Waals surface area contributed by atoms with Crippen LogP contribution in [0.3, 0.4) is 0 Å². The second kappa shape index (κ2) is 17.8. The van der Waals surface area contributed by atoms with E-state index < -0.39 is 55.0 Å². The number of nitrogens with one attached hydrogen (secondary N) is 3. The molecule has 0 saturated carbocycles. The van der Waals surface area contributed by atoms with Crippen molar-refractivity contribution < 1.29 is 58.0 Å². The highest BCUT2D eigenvalue weighted by Crippen LogP contribution is 2.31. The molecule has 3 rings (SSSR count). The maximum Gasteiger partial charge on any atom is 0.404 e. The number of unbranched alkanes of at least 4 members (excludes halogenated alkanes) is 2. The first-order chi connectivity index (χ1) is 22.7. The number of nitrogens with two attached hydrogens (primary N) is 1. The van der Waals surface area contributed by atoms with Crippen molar-refractivity contribution in [3.8, 4) is 5.75 Å². The second-order valence-corrected chi connectivity index (χ2v) is 11.6. The molecule has 262 valence electrons. The molecule has 2 aliphatic rings. The van der Waals surface area contributed by atoms with E-state index in [2.05, 4.69) is 16.0 Å². The van der Waals surface area contributed by atoms with Gasteiger partial charge >= 0.3 is 12.1 Å². The number of carbonyl (C=O) groups excluding carboxylic acids is 6. The molecule has 7 N–H and O–H groups in total. The van der Waals surface area contributed by atoms with Crippen LogP contribution in [-0.2, 0) is 44.8 Å². The summed E-state index contributed by atoms with van der Waals surface area (Å²) in [4.78, 5) is 85.2. The average molecular weight is 676 g/mol. The molecule has 1 saturated heterocycles. The Morgan fingerprint density at radius 1 is 1.04 bits per heavy atom. The van der Waals surface area contributed by atoms with Crippen molar-refractivity contribution in [2.45, 2.75) is 83.5 Å². The van der Waals surface area contributed by atoms with Crippen LogP contribution in [0.2, 0.25) is 0 Å². The van der Waals surface area contributed by atoms with Gasteiger partial charge in [0.25, 0.3) is 11.8 Å². The molecule has 1 aromatic rings. The number of carbonyl (C=O) groups is 7. The van der Waals surface area contributed by atoms with Gasteiger partial charge in [0.15, 0.2) is 6.10 Å². The van der Waals surface area contributed by atoms with E-state index in [1.807, 2.05) is 0 Å². The van der Waals surface area contributed by atoms with Crippen LogP contribution in [0.25, 0.3) is 0 Å². The lowest BCUT2D eigenvalue weighted by molar-refractivity contribution is -0.195. The number of carboxylic acid groups (broad SMARTS) is 1. The van der Waals surface area contributed by atoms with Gasteiger partial charge in [0.1, 0.15) is 18.4 Å². The van der Waals surface area contributed by atoms with Crippen molar-refractivity contribution in [1.29, 1.82) is 0 Å². The number of hydrogen-bond donors (Lipinski definition) is 6. The molecule has 17 heteroatoms. The number of benzene rings is 1. The number of rotatable bonds is 17. The predicted molar refractivity (Wildman–Crippen MR) is 166 cm³/mol. The summed E-state index contributed by atoms with van der Waals surface area (Å²) in [5.74, 6) is -3.94. The molecule has 4 unspecified atom stereocenters. The Morgan fingerprint density at radius 3 is 2.40 bits per heavy atom. The molecule has 2 aliphatic heterocycles. The molecule has 0 bridgehead atoms. The van der Waals surface area contributed by atoms with E-state index in [9.17, 15) is 43.8 Å². The van der Waals surface area contributed by atoms with Crippen molar-refractivity contribution in [1.82, 2.24) is 15.5 Å². The van der Waals surface area contributed by atoms with Gasteiger partial charge in [0, 0.05) is 38.0 Å². The maximum absolute atomic E-state index is 12.9. The van der Waals surface area contributed by atoms with E-state index in [0.717, 1.165) is 4.90 Å². The lowest BCUT2D eigenvalue weighted by atomic mass is 10.0. The zero-order valence-corrected chi connectivity index (χ0v) is 26.6. The van der Waals surface area contributed by atoms with Crippen molar-refractivity contribution >= 4 is 47.3 Å². The normalized spacial score (nSPS) is 19.5. The molecule has 0 aliphatic carbocycles. The van der Waals surface area contributed by atoms with E-state index in [1.165, 1.54) is 30.4 Å². The number of anilines is 1. The van der Waals surface area contributed by atoms with Gasteiger partial charge in [-0.05, 0) is 36.5 Å². The lowest BCUT2D eigenvalue weighted by Crippen LogP contribution is -2.51. The first kappa shape index (κ1) is 37.4. The Kier molecular flexibility index (Phi) is 13.9. The number of aliphatic hydroxyl groups excluding tert-OH is 1. The molecule has 17 nitrogen and oxygen atoms in total. The molecule has 6 amide bonds. The van der Waals surface area contributed by atoms with Crippen LogP contribution in [0, 0.1) is 5.92 Å². The summed E-state index contributed by atoms with van der Waals surface area (Å²) >= 11 is 0. The fraction of sp³-hybridized carbons (Fsp3) is 0.516. The fourth-order valence-electron chi connectivity index (χ4n) is 4.88. The maximum atomic E-state index is 12.9. The van der Waals surface area contributed by atoms with Crippen molar-refractivity contribution in [3.63, 3.8) is 0 Å². The minimum Gasteiger partial charge on any atom is -0.479 e. The highest BCUT2D eigenvalue weighted by molar-refractivity contribution is 6.12. The van der Waals surface area contributed by atoms with Gasteiger partial charge in [-0.25, -0.2) is 9.59 Å². The smallest absolute Gasteiger partial charge is 0.404 e. The number of hydrogen-bond acceptors (Lipinski definition) is 11. The Balaban J connectivity index is 1.53. The molecule has 48 heavy (non-hydrogen) atoms. The number of nitrogens with zero attached hydrogens (tertiary/aromatic N) is 1. The SMILES string of the molecule is CC(C)C(NC(=O)CCCCCN1C(=O)C=CC1=O)C(=O)NCC(=O)Nc1ccc(COC(N)=O)cc1OC1CC(O)CC(C(=O)O)O1. The van der Waals surface area contributed by atoms with E-state index in [0.29, 0.717) is 24.8 Å². The third-order valence-electron chi connectivity index (χ3n) is 7.38. The molecule has 4 atom stereocenters. The Bertz CT molecular complexity index is 1400. The number of amides is 6. The minimum absolute atomic E-state index is 0.00565. The monoisotopic (exact) mass is 675 g/mol. The van der Waals surface area contributed by atoms with E-state index in [4.69, 9.17) is 19.9 Å². The third kappa shape index (κ3) is 11.6. The number of imide groups is 1. The summed E-state index contributed by atoms with van der Waals surface area (Å²) in [5.41, 5.74) is 5.55. The summed E-state index contributed by atoms with van der Waals surface area (Å²) in [6.45, 7) is 3.01. The first-order valence-electron chi connectivity index (χ1n) is 15.4. The van der Waals surface area contributed by atoms with Crippen LogP contribution < -0.4 is 26.4 Å². The summed E-state index contributed by atoms with van der Waals surface area (Å²) in [7, 11) is 0. The summed E-state index contributed by atoms with van der Waals surface area (Å²) in [6, 6.07) is 3.41. The van der Waals surface area contributed by atoms with Gasteiger partial charge in [-0.15, -0.1) is 0 Å². The Morgan fingerprint density at radius 2 is 1.75 bits per heavy atom. The second-order valence-electron chi connectivity index (χ2n) is 11.6. The van der Waals surface area contributed by atoms with Gasteiger partial charge in [-0.2, -0.15) is 0 Å². The first-order valence-corrected chi connectivity index (χ1v) is 15.4. The summed E-state index contributed by atoms with van der Waals surface area (Å²) in [5, 5.41) is 27.2. The highest BCUT2D eigenvalue weighted by Gasteiger charge is 2.34. The molecular weight excluding hydrogens is 634 g/mol. The van der Waals surface area contributed by atoms with Crippen LogP contribution in [0.15, 0.2) is 30.4 Å². The summed E-state index contributed by atoms with van der Waals surface area (Å²) in [6.07, 6.45) is -0.607. The molecule has 1 aromatic carbocycles. The standard InChI is InChI=1S/C31H41N5O12/c1-17(2)28(35-23(38)6-4-3-5-11-36-25(40)9-10-26(36)41)29(42)33-15-24(39)34-20-8-7-18(16-46-31(32)45)12-21(20)47-27-14-19(37)13-22(48-27)30(43)44/h7-10,12,17,19,22,27-28,37H,3-6,11,13-16H2,1-2H3,(H2,32,45)(H,33,42)(H,34,39)(H,35,38)(H,43,44). The van der Waals surface area contributed by atoms with Gasteiger partial charge < -0.3 is 46.1 Å². The molecule has 2 heterocycles. The van der Waals surface area contributed by atoms with Gasteiger partial charge in [0.2, 0.25) is 24.0 Å². The Hall–Kier alpha value is -5.03. The number of primary amides is 1. The van der Waals surface area contributed by atoms with E-state index >= 15 is 0 Å². The summed E-state index contributed by atoms with van der Waals surface area (Å²) < 4.78 is 16.0. The van der Waals surface area contributed by atoms with E-state index in [-0.39, 0.29) is 67.5 Å². The van der Waals surface area contributed by atoms with Crippen molar-refractivity contribution in [2.75, 3.05) is 18.4 Å². The van der Waals surface area contributed by atoms with Crippen LogP contribution >= 0.6 is 0 Å². The predicted octanol–water partition coefficient (Wildman–Crippen LogP) is 0.292. The third-order valence-corrected chi connectivity index (χ3v) is 7.38. The van der Waals surface area contributed by atoms with Crippen LogP contribution in [-0.4, -0.2) is 94.3 Å². The van der Waals surface area contributed by atoms with Crippen molar-refractivity contribution in [3.05, 3.63) is 35.9 Å². The molecule has 1 fully saturated rings. The zero-order valence-electron chi connectivity index (χ0n) is 26.6. The number of aliphatic carboxylic acids is 1. The fourth-order valence-corrected chi connectivity index (χ4v) is 4.88.